The molecule has 0 saturated heterocycles. The standard InChI is InChI=1S/C13H12Cl2N2O/c1-2-12-16-11(15)7-13(18)17(12)8-9-4-3-5-10(14)6-9/h3-7H,2,8H2,1H3. The van der Waals surface area contributed by atoms with Gasteiger partial charge in [0.05, 0.1) is 6.54 Å². The third-order valence-electron chi connectivity index (χ3n) is 2.60. The Labute approximate surface area is 115 Å². The smallest absolute Gasteiger partial charge is 0.255 e. The average molecular weight is 283 g/mol. The van der Waals surface area contributed by atoms with Gasteiger partial charge >= 0.3 is 0 Å². The number of nitrogens with zero attached hydrogens (tertiary/aromatic N) is 2. The Kier molecular flexibility index (Phi) is 4.04. The van der Waals surface area contributed by atoms with E-state index in [1.54, 1.807) is 10.6 Å². The maximum Gasteiger partial charge on any atom is 0.255 e. The Morgan fingerprint density at radius 1 is 1.28 bits per heavy atom. The molecule has 0 atom stereocenters. The zero-order valence-electron chi connectivity index (χ0n) is 9.86. The monoisotopic (exact) mass is 282 g/mol. The number of hydrogen-bond donors (Lipinski definition) is 0. The van der Waals surface area contributed by atoms with Gasteiger partial charge < -0.3 is 0 Å². The molecule has 0 aliphatic rings. The molecule has 3 nitrogen and oxygen atoms in total. The van der Waals surface area contributed by atoms with Crippen molar-refractivity contribution in [1.82, 2.24) is 9.55 Å². The average Bonchev–Trinajstić information content (AvgIpc) is 2.32. The van der Waals surface area contributed by atoms with Crippen molar-refractivity contribution in [2.75, 3.05) is 0 Å². The van der Waals surface area contributed by atoms with Crippen molar-refractivity contribution in [3.63, 3.8) is 0 Å². The quantitative estimate of drug-likeness (QED) is 0.811. The molecular weight excluding hydrogens is 271 g/mol. The van der Waals surface area contributed by atoms with Crippen LogP contribution in [0, 0.1) is 0 Å². The minimum Gasteiger partial charge on any atom is -0.292 e. The van der Waals surface area contributed by atoms with E-state index in [2.05, 4.69) is 4.98 Å². The molecular formula is C13H12Cl2N2O. The second kappa shape index (κ2) is 5.55. The summed E-state index contributed by atoms with van der Waals surface area (Å²) in [6, 6.07) is 8.74. The SMILES string of the molecule is CCc1nc(Cl)cc(=O)n1Cc1cccc(Cl)c1. The number of halogens is 2. The van der Waals surface area contributed by atoms with Gasteiger partial charge in [0, 0.05) is 17.5 Å². The van der Waals surface area contributed by atoms with Crippen molar-refractivity contribution < 1.29 is 0 Å². The highest BCUT2D eigenvalue weighted by atomic mass is 35.5. The predicted molar refractivity (Wildman–Crippen MR) is 73.4 cm³/mol. The summed E-state index contributed by atoms with van der Waals surface area (Å²) in [4.78, 5) is 16.1. The van der Waals surface area contributed by atoms with Crippen molar-refractivity contribution in [3.8, 4) is 0 Å². The molecule has 0 amide bonds. The molecule has 2 rings (SSSR count). The van der Waals surface area contributed by atoms with E-state index in [1.165, 1.54) is 6.07 Å². The Balaban J connectivity index is 2.43. The first-order valence-corrected chi connectivity index (χ1v) is 6.36. The number of aromatic nitrogens is 2. The Bertz CT molecular complexity index is 623. The Morgan fingerprint density at radius 3 is 2.72 bits per heavy atom. The van der Waals surface area contributed by atoms with E-state index in [-0.39, 0.29) is 10.7 Å². The summed E-state index contributed by atoms with van der Waals surface area (Å²) in [7, 11) is 0. The van der Waals surface area contributed by atoms with Gasteiger partial charge in [0.2, 0.25) is 0 Å². The van der Waals surface area contributed by atoms with Crippen LogP contribution in [-0.2, 0) is 13.0 Å². The van der Waals surface area contributed by atoms with E-state index in [4.69, 9.17) is 23.2 Å². The number of benzene rings is 1. The fourth-order valence-electron chi connectivity index (χ4n) is 1.78. The largest absolute Gasteiger partial charge is 0.292 e. The third-order valence-corrected chi connectivity index (χ3v) is 3.03. The summed E-state index contributed by atoms with van der Waals surface area (Å²) in [5, 5.41) is 0.889. The van der Waals surface area contributed by atoms with Crippen LogP contribution in [0.1, 0.15) is 18.3 Å². The molecule has 0 unspecified atom stereocenters. The summed E-state index contributed by atoms with van der Waals surface area (Å²) in [5.74, 6) is 0.674. The molecule has 0 bridgehead atoms. The number of aryl methyl sites for hydroxylation is 1. The molecule has 18 heavy (non-hydrogen) atoms. The highest BCUT2D eigenvalue weighted by molar-refractivity contribution is 6.30. The van der Waals surface area contributed by atoms with E-state index in [0.717, 1.165) is 5.56 Å². The van der Waals surface area contributed by atoms with Crippen LogP contribution in [0.3, 0.4) is 0 Å². The van der Waals surface area contributed by atoms with E-state index in [1.807, 2.05) is 25.1 Å². The maximum absolute atomic E-state index is 11.9. The fraction of sp³-hybridized carbons (Fsp3) is 0.231. The topological polar surface area (TPSA) is 34.9 Å². The van der Waals surface area contributed by atoms with E-state index < -0.39 is 0 Å². The van der Waals surface area contributed by atoms with Crippen molar-refractivity contribution in [2.24, 2.45) is 0 Å². The number of rotatable bonds is 3. The molecule has 1 aromatic heterocycles. The highest BCUT2D eigenvalue weighted by Gasteiger charge is 2.07. The summed E-state index contributed by atoms with van der Waals surface area (Å²) in [5.41, 5.74) is 0.815. The van der Waals surface area contributed by atoms with Crippen molar-refractivity contribution >= 4 is 23.2 Å². The van der Waals surface area contributed by atoms with Gasteiger partial charge in [0.1, 0.15) is 11.0 Å². The van der Waals surface area contributed by atoms with Crippen LogP contribution in [0.25, 0.3) is 0 Å². The van der Waals surface area contributed by atoms with Crippen LogP contribution in [0.15, 0.2) is 35.1 Å². The van der Waals surface area contributed by atoms with Crippen molar-refractivity contribution in [2.45, 2.75) is 19.9 Å². The summed E-state index contributed by atoms with van der Waals surface area (Å²) in [6.07, 6.45) is 0.649. The lowest BCUT2D eigenvalue weighted by Crippen LogP contribution is -2.24. The zero-order chi connectivity index (χ0) is 13.1. The van der Waals surface area contributed by atoms with E-state index in [9.17, 15) is 4.79 Å². The predicted octanol–water partition coefficient (Wildman–Crippen LogP) is 3.16. The summed E-state index contributed by atoms with van der Waals surface area (Å²) >= 11 is 11.7. The Hall–Kier alpha value is -1.32. The van der Waals surface area contributed by atoms with E-state index in [0.29, 0.717) is 23.8 Å². The third kappa shape index (κ3) is 2.92. The van der Waals surface area contributed by atoms with Crippen molar-refractivity contribution in [3.05, 3.63) is 62.2 Å². The van der Waals surface area contributed by atoms with Crippen LogP contribution in [0.2, 0.25) is 10.2 Å². The van der Waals surface area contributed by atoms with Crippen LogP contribution < -0.4 is 5.56 Å². The Morgan fingerprint density at radius 2 is 2.06 bits per heavy atom. The first kappa shape index (κ1) is 13.1. The molecule has 2 aromatic rings. The van der Waals surface area contributed by atoms with Crippen LogP contribution in [0.5, 0.6) is 0 Å². The van der Waals surface area contributed by atoms with Gasteiger partial charge in [-0.3, -0.25) is 9.36 Å². The van der Waals surface area contributed by atoms with Gasteiger partial charge in [0.25, 0.3) is 5.56 Å². The molecule has 5 heteroatoms. The highest BCUT2D eigenvalue weighted by Crippen LogP contribution is 2.12. The molecule has 0 N–H and O–H groups in total. The van der Waals surface area contributed by atoms with Crippen molar-refractivity contribution in [1.29, 1.82) is 0 Å². The van der Waals surface area contributed by atoms with Gasteiger partial charge in [-0.2, -0.15) is 0 Å². The lowest BCUT2D eigenvalue weighted by Gasteiger charge is -2.11. The molecule has 0 saturated carbocycles. The second-order valence-electron chi connectivity index (χ2n) is 3.90. The van der Waals surface area contributed by atoms with Crippen LogP contribution >= 0.6 is 23.2 Å². The zero-order valence-corrected chi connectivity index (χ0v) is 11.4. The first-order chi connectivity index (χ1) is 8.60. The van der Waals surface area contributed by atoms with Gasteiger partial charge in [0.15, 0.2) is 0 Å². The van der Waals surface area contributed by atoms with Gasteiger partial charge in [-0.15, -0.1) is 0 Å². The molecule has 0 aliphatic heterocycles. The fourth-order valence-corrected chi connectivity index (χ4v) is 2.18. The molecule has 0 aliphatic carbocycles. The van der Waals surface area contributed by atoms with Gasteiger partial charge in [-0.25, -0.2) is 4.98 Å². The molecule has 1 aromatic carbocycles. The summed E-state index contributed by atoms with van der Waals surface area (Å²) < 4.78 is 1.61. The number of hydrogen-bond acceptors (Lipinski definition) is 2. The van der Waals surface area contributed by atoms with Gasteiger partial charge in [-0.05, 0) is 17.7 Å². The van der Waals surface area contributed by atoms with Crippen LogP contribution in [-0.4, -0.2) is 9.55 Å². The molecule has 0 spiro atoms. The van der Waals surface area contributed by atoms with E-state index >= 15 is 0 Å². The minimum atomic E-state index is -0.146. The lowest BCUT2D eigenvalue weighted by atomic mass is 10.2. The molecule has 1 heterocycles. The molecule has 0 fully saturated rings. The second-order valence-corrected chi connectivity index (χ2v) is 4.73. The lowest BCUT2D eigenvalue weighted by molar-refractivity contribution is 0.674. The molecule has 94 valence electrons. The summed E-state index contributed by atoms with van der Waals surface area (Å²) in [6.45, 7) is 2.39. The molecule has 0 radical (unpaired) electrons. The van der Waals surface area contributed by atoms with Gasteiger partial charge in [-0.1, -0.05) is 42.3 Å². The maximum atomic E-state index is 11.9. The minimum absolute atomic E-state index is 0.146. The van der Waals surface area contributed by atoms with Crippen LogP contribution in [0.4, 0.5) is 0 Å². The first-order valence-electron chi connectivity index (χ1n) is 5.61. The normalized spacial score (nSPS) is 10.6.